The number of nitrogens with zero attached hydrogens (tertiary/aromatic N) is 1. The van der Waals surface area contributed by atoms with Gasteiger partial charge < -0.3 is 5.32 Å². The van der Waals surface area contributed by atoms with E-state index in [1.165, 1.54) is 15.4 Å². The average Bonchev–Trinajstić information content (AvgIpc) is 2.90. The lowest BCUT2D eigenvalue weighted by molar-refractivity contribution is 0.0939. The van der Waals surface area contributed by atoms with Crippen LogP contribution in [-0.4, -0.2) is 14.3 Å². The minimum absolute atomic E-state index is 0.140. The molecule has 37 heavy (non-hydrogen) atoms. The van der Waals surface area contributed by atoms with E-state index in [1.807, 2.05) is 25.1 Å². The lowest BCUT2D eigenvalue weighted by Gasteiger charge is -2.25. The highest BCUT2D eigenvalue weighted by atomic mass is 32.2. The normalized spacial score (nSPS) is 12.1. The zero-order valence-corrected chi connectivity index (χ0v) is 22.4. The fraction of sp³-hybridized carbons (Fsp3) is 0.194. The summed E-state index contributed by atoms with van der Waals surface area (Å²) in [6, 6.07) is 28.6. The number of para-hydroxylation sites is 1. The highest BCUT2D eigenvalue weighted by Gasteiger charge is 2.25. The second kappa shape index (κ2) is 11.0. The van der Waals surface area contributed by atoms with E-state index in [2.05, 4.69) is 38.2 Å². The summed E-state index contributed by atoms with van der Waals surface area (Å²) in [5.74, 6) is -0.173. The van der Waals surface area contributed by atoms with Gasteiger partial charge in [-0.05, 0) is 91.9 Å². The monoisotopic (exact) mass is 512 g/mol. The van der Waals surface area contributed by atoms with Gasteiger partial charge in [0.1, 0.15) is 0 Å². The third kappa shape index (κ3) is 5.92. The number of carbonyl (C=O) groups excluding carboxylic acids is 1. The SMILES string of the molecule is Cc1cc(C)c([C@H](C)NC(=O)c2ccc(CN(c3ccccc3)S(=O)(=O)c3ccccc3)cc2)cc1C. The predicted octanol–water partition coefficient (Wildman–Crippen LogP) is 6.50. The van der Waals surface area contributed by atoms with Gasteiger partial charge in [-0.25, -0.2) is 8.42 Å². The van der Waals surface area contributed by atoms with Crippen molar-refractivity contribution < 1.29 is 13.2 Å². The third-order valence-electron chi connectivity index (χ3n) is 6.61. The van der Waals surface area contributed by atoms with Crippen molar-refractivity contribution in [2.75, 3.05) is 4.31 Å². The van der Waals surface area contributed by atoms with Crippen LogP contribution in [0.25, 0.3) is 0 Å². The Hall–Kier alpha value is -3.90. The molecule has 0 aromatic heterocycles. The quantitative estimate of drug-likeness (QED) is 0.293. The number of hydrogen-bond acceptors (Lipinski definition) is 3. The molecule has 6 heteroatoms. The van der Waals surface area contributed by atoms with E-state index in [4.69, 9.17) is 0 Å². The molecule has 0 unspecified atom stereocenters. The maximum atomic E-state index is 13.5. The molecule has 0 bridgehead atoms. The Morgan fingerprint density at radius 2 is 1.35 bits per heavy atom. The molecule has 190 valence electrons. The number of aryl methyl sites for hydroxylation is 3. The van der Waals surface area contributed by atoms with Crippen molar-refractivity contribution in [3.63, 3.8) is 0 Å². The zero-order valence-electron chi connectivity index (χ0n) is 21.6. The Morgan fingerprint density at radius 1 is 0.784 bits per heavy atom. The van der Waals surface area contributed by atoms with Crippen molar-refractivity contribution in [1.82, 2.24) is 5.32 Å². The smallest absolute Gasteiger partial charge is 0.264 e. The lowest BCUT2D eigenvalue weighted by atomic mass is 9.96. The molecule has 0 saturated carbocycles. The number of rotatable bonds is 8. The van der Waals surface area contributed by atoms with Crippen molar-refractivity contribution >= 4 is 21.6 Å². The lowest BCUT2D eigenvalue weighted by Crippen LogP contribution is -2.30. The van der Waals surface area contributed by atoms with E-state index in [0.717, 1.165) is 16.7 Å². The maximum Gasteiger partial charge on any atom is 0.264 e. The molecule has 0 aliphatic heterocycles. The molecule has 0 fully saturated rings. The van der Waals surface area contributed by atoms with E-state index in [9.17, 15) is 13.2 Å². The first-order valence-corrected chi connectivity index (χ1v) is 13.7. The molecule has 1 atom stereocenters. The molecule has 5 nitrogen and oxygen atoms in total. The molecule has 4 rings (SSSR count). The molecule has 0 saturated heterocycles. The van der Waals surface area contributed by atoms with Crippen LogP contribution in [0.4, 0.5) is 5.69 Å². The molecule has 0 spiro atoms. The summed E-state index contributed by atoms with van der Waals surface area (Å²) in [5, 5.41) is 3.09. The molecular formula is C31H32N2O3S. The molecule has 0 aliphatic rings. The number of nitrogens with one attached hydrogen (secondary N) is 1. The Balaban J connectivity index is 1.54. The van der Waals surface area contributed by atoms with Crippen LogP contribution in [0.5, 0.6) is 0 Å². The number of carbonyl (C=O) groups is 1. The van der Waals surface area contributed by atoms with Gasteiger partial charge >= 0.3 is 0 Å². The van der Waals surface area contributed by atoms with Crippen LogP contribution in [0.15, 0.2) is 102 Å². The van der Waals surface area contributed by atoms with Gasteiger partial charge in [0.05, 0.1) is 23.2 Å². The van der Waals surface area contributed by atoms with E-state index in [0.29, 0.717) is 11.3 Å². The highest BCUT2D eigenvalue weighted by Crippen LogP contribution is 2.26. The summed E-state index contributed by atoms with van der Waals surface area (Å²) in [6.07, 6.45) is 0. The summed E-state index contributed by atoms with van der Waals surface area (Å²) >= 11 is 0. The van der Waals surface area contributed by atoms with Crippen LogP contribution in [-0.2, 0) is 16.6 Å². The van der Waals surface area contributed by atoms with Crippen LogP contribution in [0.3, 0.4) is 0 Å². The number of hydrogen-bond donors (Lipinski definition) is 1. The van der Waals surface area contributed by atoms with Gasteiger partial charge in [-0.15, -0.1) is 0 Å². The summed E-state index contributed by atoms with van der Waals surface area (Å²) < 4.78 is 28.4. The molecular weight excluding hydrogens is 480 g/mol. The molecule has 0 radical (unpaired) electrons. The maximum absolute atomic E-state index is 13.5. The minimum Gasteiger partial charge on any atom is -0.346 e. The van der Waals surface area contributed by atoms with Crippen molar-refractivity contribution in [3.05, 3.63) is 130 Å². The fourth-order valence-electron chi connectivity index (χ4n) is 4.36. The van der Waals surface area contributed by atoms with Crippen molar-refractivity contribution in [2.24, 2.45) is 0 Å². The minimum atomic E-state index is -3.78. The second-order valence-electron chi connectivity index (χ2n) is 9.35. The Bertz CT molecular complexity index is 1480. The number of anilines is 1. The van der Waals surface area contributed by atoms with Crippen LogP contribution >= 0.6 is 0 Å². The molecule has 0 aliphatic carbocycles. The number of benzene rings is 4. The first kappa shape index (κ1) is 26.2. The van der Waals surface area contributed by atoms with Crippen LogP contribution < -0.4 is 9.62 Å². The summed E-state index contributed by atoms with van der Waals surface area (Å²) in [7, 11) is -3.78. The standard InChI is InChI=1S/C31H32N2O3S/c1-22-19-24(3)30(20-23(22)2)25(4)32-31(34)27-17-15-26(16-18-27)21-33(28-11-7-5-8-12-28)37(35,36)29-13-9-6-10-14-29/h5-20,25H,21H2,1-4H3,(H,32,34)/t25-/m0/s1. The molecule has 1 N–H and O–H groups in total. The van der Waals surface area contributed by atoms with Crippen molar-refractivity contribution in [2.45, 2.75) is 45.2 Å². The van der Waals surface area contributed by atoms with E-state index >= 15 is 0 Å². The molecule has 4 aromatic carbocycles. The predicted molar refractivity (Wildman–Crippen MR) is 149 cm³/mol. The first-order valence-electron chi connectivity index (χ1n) is 12.3. The van der Waals surface area contributed by atoms with E-state index < -0.39 is 10.0 Å². The van der Waals surface area contributed by atoms with E-state index in [1.54, 1.807) is 66.7 Å². The van der Waals surface area contributed by atoms with Crippen molar-refractivity contribution in [1.29, 1.82) is 0 Å². The van der Waals surface area contributed by atoms with Gasteiger partial charge in [0.2, 0.25) is 0 Å². The average molecular weight is 513 g/mol. The van der Waals surface area contributed by atoms with Crippen LogP contribution in [0, 0.1) is 20.8 Å². The largest absolute Gasteiger partial charge is 0.346 e. The number of sulfonamides is 1. The van der Waals surface area contributed by atoms with Gasteiger partial charge in [-0.2, -0.15) is 0 Å². The Labute approximate surface area is 219 Å². The molecule has 4 aromatic rings. The molecule has 1 amide bonds. The van der Waals surface area contributed by atoms with Gasteiger partial charge in [0, 0.05) is 5.56 Å². The summed E-state index contributed by atoms with van der Waals surface area (Å²) in [6.45, 7) is 8.33. The highest BCUT2D eigenvalue weighted by molar-refractivity contribution is 7.92. The van der Waals surface area contributed by atoms with Crippen LogP contribution in [0.1, 0.15) is 51.1 Å². The Morgan fingerprint density at radius 3 is 1.97 bits per heavy atom. The van der Waals surface area contributed by atoms with E-state index in [-0.39, 0.29) is 23.4 Å². The van der Waals surface area contributed by atoms with Gasteiger partial charge in [0.25, 0.3) is 15.9 Å². The Kier molecular flexibility index (Phi) is 7.79. The third-order valence-corrected chi connectivity index (χ3v) is 8.40. The zero-order chi connectivity index (χ0) is 26.6. The van der Waals surface area contributed by atoms with Gasteiger partial charge in [-0.3, -0.25) is 9.10 Å². The topological polar surface area (TPSA) is 66.5 Å². The second-order valence-corrected chi connectivity index (χ2v) is 11.2. The molecule has 0 heterocycles. The van der Waals surface area contributed by atoms with Crippen LogP contribution in [0.2, 0.25) is 0 Å². The summed E-state index contributed by atoms with van der Waals surface area (Å²) in [5.41, 5.74) is 6.54. The van der Waals surface area contributed by atoms with Crippen molar-refractivity contribution in [3.8, 4) is 0 Å². The fourth-order valence-corrected chi connectivity index (χ4v) is 5.84. The number of amides is 1. The van der Waals surface area contributed by atoms with Gasteiger partial charge in [-0.1, -0.05) is 60.7 Å². The van der Waals surface area contributed by atoms with Gasteiger partial charge in [0.15, 0.2) is 0 Å². The summed E-state index contributed by atoms with van der Waals surface area (Å²) in [4.78, 5) is 13.2. The first-order chi connectivity index (χ1) is 17.7.